The van der Waals surface area contributed by atoms with Crippen LogP contribution in [0.15, 0.2) is 59.0 Å². The Morgan fingerprint density at radius 1 is 1.05 bits per heavy atom. The summed E-state index contributed by atoms with van der Waals surface area (Å²) >= 11 is 0. The number of rotatable bonds is 3. The third-order valence-corrected chi connectivity index (χ3v) is 3.21. The van der Waals surface area contributed by atoms with Crippen molar-refractivity contribution in [2.75, 3.05) is 0 Å². The van der Waals surface area contributed by atoms with E-state index in [0.717, 1.165) is 17.1 Å². The van der Waals surface area contributed by atoms with Crippen molar-refractivity contribution in [2.45, 2.75) is 13.5 Å². The van der Waals surface area contributed by atoms with Gasteiger partial charge in [0.25, 0.3) is 0 Å². The standard InChI is InChI=1S/C17H15NO2/c1-12(19)18-11-16-8-9-17(20-16)15-7-6-13-4-2-3-5-14(13)10-15/h2-10H,11H2,1H3,(H,18,19). The lowest BCUT2D eigenvalue weighted by atomic mass is 10.1. The Labute approximate surface area is 117 Å². The van der Waals surface area contributed by atoms with Gasteiger partial charge >= 0.3 is 0 Å². The van der Waals surface area contributed by atoms with Crippen LogP contribution in [0, 0.1) is 0 Å². The Morgan fingerprint density at radius 3 is 2.65 bits per heavy atom. The largest absolute Gasteiger partial charge is 0.459 e. The van der Waals surface area contributed by atoms with Crippen LogP contribution in [-0.2, 0) is 11.3 Å². The molecule has 0 saturated carbocycles. The maximum absolute atomic E-state index is 10.9. The highest BCUT2D eigenvalue weighted by Crippen LogP contribution is 2.26. The van der Waals surface area contributed by atoms with E-state index in [2.05, 4.69) is 29.6 Å². The first-order valence-electron chi connectivity index (χ1n) is 6.55. The minimum absolute atomic E-state index is 0.0614. The molecule has 0 unspecified atom stereocenters. The molecule has 1 aromatic heterocycles. The molecule has 20 heavy (non-hydrogen) atoms. The highest BCUT2D eigenvalue weighted by atomic mass is 16.3. The molecule has 1 amide bonds. The van der Waals surface area contributed by atoms with E-state index in [1.165, 1.54) is 17.7 Å². The molecule has 3 rings (SSSR count). The fourth-order valence-electron chi connectivity index (χ4n) is 2.18. The molecule has 0 radical (unpaired) electrons. The van der Waals surface area contributed by atoms with E-state index in [-0.39, 0.29) is 5.91 Å². The minimum atomic E-state index is -0.0614. The van der Waals surface area contributed by atoms with E-state index in [1.807, 2.05) is 30.3 Å². The lowest BCUT2D eigenvalue weighted by Crippen LogP contribution is -2.18. The van der Waals surface area contributed by atoms with Crippen molar-refractivity contribution in [3.05, 3.63) is 60.4 Å². The summed E-state index contributed by atoms with van der Waals surface area (Å²) in [6.45, 7) is 1.91. The SMILES string of the molecule is CC(=O)NCc1ccc(-c2ccc3ccccc3c2)o1. The summed E-state index contributed by atoms with van der Waals surface area (Å²) in [6.07, 6.45) is 0. The van der Waals surface area contributed by atoms with Crippen LogP contribution in [0.2, 0.25) is 0 Å². The summed E-state index contributed by atoms with van der Waals surface area (Å²) in [7, 11) is 0. The van der Waals surface area contributed by atoms with Gasteiger partial charge in [0, 0.05) is 12.5 Å². The lowest BCUT2D eigenvalue weighted by molar-refractivity contribution is -0.119. The molecule has 0 bridgehead atoms. The summed E-state index contributed by atoms with van der Waals surface area (Å²) < 4.78 is 5.75. The molecule has 0 fully saturated rings. The zero-order valence-electron chi connectivity index (χ0n) is 11.2. The number of hydrogen-bond donors (Lipinski definition) is 1. The van der Waals surface area contributed by atoms with E-state index in [0.29, 0.717) is 6.54 Å². The maximum atomic E-state index is 10.9. The lowest BCUT2D eigenvalue weighted by Gasteiger charge is -2.01. The zero-order valence-corrected chi connectivity index (χ0v) is 11.2. The highest BCUT2D eigenvalue weighted by molar-refractivity contribution is 5.86. The number of benzene rings is 2. The van der Waals surface area contributed by atoms with Crippen molar-refractivity contribution in [3.63, 3.8) is 0 Å². The van der Waals surface area contributed by atoms with Crippen molar-refractivity contribution in [3.8, 4) is 11.3 Å². The Morgan fingerprint density at radius 2 is 1.85 bits per heavy atom. The summed E-state index contributed by atoms with van der Waals surface area (Å²) in [6, 6.07) is 18.3. The molecule has 2 aromatic carbocycles. The molecule has 0 spiro atoms. The number of fused-ring (bicyclic) bond motifs is 1. The topological polar surface area (TPSA) is 42.2 Å². The highest BCUT2D eigenvalue weighted by Gasteiger charge is 2.06. The number of carbonyl (C=O) groups excluding carboxylic acids is 1. The van der Waals surface area contributed by atoms with Crippen molar-refractivity contribution < 1.29 is 9.21 Å². The Bertz CT molecular complexity index is 758. The first kappa shape index (κ1) is 12.5. The number of carbonyl (C=O) groups is 1. The quantitative estimate of drug-likeness (QED) is 0.784. The van der Waals surface area contributed by atoms with Crippen molar-refractivity contribution in [2.24, 2.45) is 0 Å². The molecular formula is C17H15NO2. The molecule has 3 nitrogen and oxygen atoms in total. The Balaban J connectivity index is 1.89. The van der Waals surface area contributed by atoms with Gasteiger partial charge in [0.15, 0.2) is 0 Å². The van der Waals surface area contributed by atoms with Gasteiger partial charge in [-0.05, 0) is 29.0 Å². The van der Waals surface area contributed by atoms with Gasteiger partial charge < -0.3 is 9.73 Å². The first-order chi connectivity index (χ1) is 9.72. The molecule has 1 N–H and O–H groups in total. The molecule has 3 heteroatoms. The van der Waals surface area contributed by atoms with Gasteiger partial charge in [-0.3, -0.25) is 4.79 Å². The molecule has 0 aliphatic rings. The van der Waals surface area contributed by atoms with Gasteiger partial charge in [-0.1, -0.05) is 36.4 Å². The van der Waals surface area contributed by atoms with Gasteiger partial charge in [0.1, 0.15) is 11.5 Å². The van der Waals surface area contributed by atoms with Crippen LogP contribution >= 0.6 is 0 Å². The van der Waals surface area contributed by atoms with Crippen LogP contribution in [0.4, 0.5) is 0 Å². The molecule has 3 aromatic rings. The number of furan rings is 1. The van der Waals surface area contributed by atoms with Gasteiger partial charge in [0.2, 0.25) is 5.91 Å². The van der Waals surface area contributed by atoms with E-state index >= 15 is 0 Å². The molecule has 0 atom stereocenters. The van der Waals surface area contributed by atoms with Crippen LogP contribution in [-0.4, -0.2) is 5.91 Å². The maximum Gasteiger partial charge on any atom is 0.217 e. The second kappa shape index (κ2) is 5.21. The molecule has 0 aliphatic heterocycles. The van der Waals surface area contributed by atoms with Crippen LogP contribution in [0.3, 0.4) is 0 Å². The predicted molar refractivity (Wildman–Crippen MR) is 79.2 cm³/mol. The molecule has 100 valence electrons. The van der Waals surface area contributed by atoms with Crippen LogP contribution < -0.4 is 5.32 Å². The van der Waals surface area contributed by atoms with Gasteiger partial charge in [-0.2, -0.15) is 0 Å². The number of hydrogen-bond acceptors (Lipinski definition) is 2. The monoisotopic (exact) mass is 265 g/mol. The Kier molecular flexibility index (Phi) is 3.25. The molecule has 1 heterocycles. The number of amides is 1. The van der Waals surface area contributed by atoms with E-state index in [1.54, 1.807) is 0 Å². The van der Waals surface area contributed by atoms with Crippen LogP contribution in [0.1, 0.15) is 12.7 Å². The van der Waals surface area contributed by atoms with Crippen LogP contribution in [0.5, 0.6) is 0 Å². The normalized spacial score (nSPS) is 10.7. The van der Waals surface area contributed by atoms with Crippen molar-refractivity contribution in [1.82, 2.24) is 5.32 Å². The van der Waals surface area contributed by atoms with Gasteiger partial charge in [-0.25, -0.2) is 0 Å². The van der Waals surface area contributed by atoms with Crippen molar-refractivity contribution in [1.29, 1.82) is 0 Å². The van der Waals surface area contributed by atoms with Crippen LogP contribution in [0.25, 0.3) is 22.1 Å². The summed E-state index contributed by atoms with van der Waals surface area (Å²) in [5, 5.41) is 5.12. The van der Waals surface area contributed by atoms with E-state index in [4.69, 9.17) is 4.42 Å². The van der Waals surface area contributed by atoms with Gasteiger partial charge in [-0.15, -0.1) is 0 Å². The molecule has 0 aliphatic carbocycles. The summed E-state index contributed by atoms with van der Waals surface area (Å²) in [5.74, 6) is 1.51. The fraction of sp³-hybridized carbons (Fsp3) is 0.118. The van der Waals surface area contributed by atoms with Crippen molar-refractivity contribution >= 4 is 16.7 Å². The predicted octanol–water partition coefficient (Wildman–Crippen LogP) is 3.74. The fourth-order valence-corrected chi connectivity index (χ4v) is 2.18. The molecular weight excluding hydrogens is 250 g/mol. The van der Waals surface area contributed by atoms with Gasteiger partial charge in [0.05, 0.1) is 6.54 Å². The average molecular weight is 265 g/mol. The second-order valence-corrected chi connectivity index (χ2v) is 4.74. The smallest absolute Gasteiger partial charge is 0.217 e. The Hall–Kier alpha value is -2.55. The third-order valence-electron chi connectivity index (χ3n) is 3.21. The van der Waals surface area contributed by atoms with E-state index in [9.17, 15) is 4.79 Å². The molecule has 0 saturated heterocycles. The first-order valence-corrected chi connectivity index (χ1v) is 6.55. The summed E-state index contributed by atoms with van der Waals surface area (Å²) in [4.78, 5) is 10.9. The zero-order chi connectivity index (χ0) is 13.9. The minimum Gasteiger partial charge on any atom is -0.459 e. The third kappa shape index (κ3) is 2.57. The second-order valence-electron chi connectivity index (χ2n) is 4.74. The summed E-state index contributed by atoms with van der Waals surface area (Å²) in [5.41, 5.74) is 1.04. The average Bonchev–Trinajstić information content (AvgIpc) is 2.93. The number of nitrogens with one attached hydrogen (secondary N) is 1. The van der Waals surface area contributed by atoms with E-state index < -0.39 is 0 Å².